The van der Waals surface area contributed by atoms with Crippen molar-refractivity contribution in [1.82, 2.24) is 0 Å². The Kier molecular flexibility index (Phi) is 6.52. The molecule has 0 aliphatic rings. The number of thioether (sulfide) groups is 1. The highest BCUT2D eigenvalue weighted by Gasteiger charge is 2.14. The Labute approximate surface area is 149 Å². The third kappa shape index (κ3) is 4.91. The summed E-state index contributed by atoms with van der Waals surface area (Å²) in [5, 5.41) is 2.91. The number of anilines is 1. The lowest BCUT2D eigenvalue weighted by molar-refractivity contribution is -0.119. The van der Waals surface area contributed by atoms with Crippen LogP contribution in [0.4, 0.5) is 5.69 Å². The number of amides is 1. The molecule has 126 valence electrons. The first kappa shape index (κ1) is 18.2. The van der Waals surface area contributed by atoms with E-state index in [1.165, 1.54) is 11.8 Å². The molecule has 0 spiro atoms. The van der Waals surface area contributed by atoms with Crippen LogP contribution in [0.5, 0.6) is 5.75 Å². The maximum absolute atomic E-state index is 12.1. The summed E-state index contributed by atoms with van der Waals surface area (Å²) in [5.41, 5.74) is 0.819. The minimum absolute atomic E-state index is 0.237. The molecule has 0 aliphatic carbocycles. The zero-order chi connectivity index (χ0) is 17.5. The van der Waals surface area contributed by atoms with Crippen LogP contribution in [0.2, 0.25) is 5.02 Å². The summed E-state index contributed by atoms with van der Waals surface area (Å²) in [5.74, 6) is -0.394. The van der Waals surface area contributed by atoms with Crippen LogP contribution in [-0.4, -0.2) is 31.8 Å². The average molecular weight is 366 g/mol. The fraction of sp³-hybridized carbons (Fsp3) is 0.176. The number of hydrogen-bond donors (Lipinski definition) is 1. The van der Waals surface area contributed by atoms with Gasteiger partial charge in [0.05, 0.1) is 17.7 Å². The average Bonchev–Trinajstić information content (AvgIpc) is 2.60. The Morgan fingerprint density at radius 1 is 1.17 bits per heavy atom. The molecule has 0 saturated carbocycles. The van der Waals surface area contributed by atoms with Crippen LogP contribution in [0.1, 0.15) is 10.4 Å². The molecule has 0 bridgehead atoms. The summed E-state index contributed by atoms with van der Waals surface area (Å²) in [6, 6.07) is 11.9. The third-order valence-corrected chi connectivity index (χ3v) is 4.16. The molecular weight excluding hydrogens is 350 g/mol. The van der Waals surface area contributed by atoms with E-state index in [0.29, 0.717) is 11.4 Å². The van der Waals surface area contributed by atoms with E-state index in [1.807, 2.05) is 6.26 Å². The van der Waals surface area contributed by atoms with Crippen molar-refractivity contribution < 1.29 is 19.1 Å². The standard InChI is InChI=1S/C17H16ClNO4S/c1-22-12-5-3-11(4-6-12)19-16(20)10-23-17(21)14-9-13(24-2)7-8-15(14)18/h3-9H,10H2,1-2H3,(H,19,20). The Hall–Kier alpha value is -2.18. The normalized spacial score (nSPS) is 10.1. The fourth-order valence-electron chi connectivity index (χ4n) is 1.87. The molecule has 24 heavy (non-hydrogen) atoms. The highest BCUT2D eigenvalue weighted by molar-refractivity contribution is 7.98. The van der Waals surface area contributed by atoms with E-state index < -0.39 is 18.5 Å². The number of methoxy groups -OCH3 is 1. The highest BCUT2D eigenvalue weighted by atomic mass is 35.5. The minimum atomic E-state index is -0.638. The zero-order valence-corrected chi connectivity index (χ0v) is 14.7. The number of hydrogen-bond acceptors (Lipinski definition) is 5. The largest absolute Gasteiger partial charge is 0.497 e. The summed E-state index contributed by atoms with van der Waals surface area (Å²) in [7, 11) is 1.56. The number of benzene rings is 2. The van der Waals surface area contributed by atoms with Crippen molar-refractivity contribution >= 4 is 40.9 Å². The lowest BCUT2D eigenvalue weighted by atomic mass is 10.2. The van der Waals surface area contributed by atoms with Gasteiger partial charge in [0.25, 0.3) is 5.91 Å². The topological polar surface area (TPSA) is 64.6 Å². The van der Waals surface area contributed by atoms with Gasteiger partial charge in [0, 0.05) is 10.6 Å². The zero-order valence-electron chi connectivity index (χ0n) is 13.2. The van der Waals surface area contributed by atoms with Gasteiger partial charge >= 0.3 is 5.97 Å². The monoisotopic (exact) mass is 365 g/mol. The number of halogens is 1. The number of esters is 1. The van der Waals surface area contributed by atoms with Crippen molar-refractivity contribution in [3.8, 4) is 5.75 Å². The first-order valence-electron chi connectivity index (χ1n) is 6.98. The molecule has 0 fully saturated rings. The number of ether oxygens (including phenoxy) is 2. The van der Waals surface area contributed by atoms with Crippen LogP contribution in [0.3, 0.4) is 0 Å². The van der Waals surface area contributed by atoms with Crippen molar-refractivity contribution in [3.05, 3.63) is 53.1 Å². The van der Waals surface area contributed by atoms with Crippen LogP contribution in [0.15, 0.2) is 47.4 Å². The summed E-state index contributed by atoms with van der Waals surface area (Å²) in [6.07, 6.45) is 1.89. The van der Waals surface area contributed by atoms with Crippen molar-refractivity contribution in [2.45, 2.75) is 4.90 Å². The molecule has 2 aromatic carbocycles. The maximum Gasteiger partial charge on any atom is 0.340 e. The van der Waals surface area contributed by atoms with E-state index >= 15 is 0 Å². The van der Waals surface area contributed by atoms with Crippen LogP contribution in [0.25, 0.3) is 0 Å². The van der Waals surface area contributed by atoms with Crippen molar-refractivity contribution in [2.75, 3.05) is 25.3 Å². The van der Waals surface area contributed by atoms with Gasteiger partial charge in [0.2, 0.25) is 0 Å². The fourth-order valence-corrected chi connectivity index (χ4v) is 2.50. The van der Waals surface area contributed by atoms with Crippen molar-refractivity contribution in [2.24, 2.45) is 0 Å². The molecule has 0 heterocycles. The molecule has 2 aromatic rings. The summed E-state index contributed by atoms with van der Waals surface area (Å²) >= 11 is 7.48. The predicted molar refractivity (Wildman–Crippen MR) is 95.1 cm³/mol. The minimum Gasteiger partial charge on any atom is -0.497 e. The van der Waals surface area contributed by atoms with Gasteiger partial charge in [-0.25, -0.2) is 4.79 Å². The van der Waals surface area contributed by atoms with Gasteiger partial charge in [0.1, 0.15) is 5.75 Å². The predicted octanol–water partition coefficient (Wildman–Crippen LogP) is 3.87. The Balaban J connectivity index is 1.92. The SMILES string of the molecule is COc1ccc(NC(=O)COC(=O)c2cc(SC)ccc2Cl)cc1. The van der Waals surface area contributed by atoms with Crippen LogP contribution in [-0.2, 0) is 9.53 Å². The lowest BCUT2D eigenvalue weighted by Crippen LogP contribution is -2.21. The van der Waals surface area contributed by atoms with Crippen LogP contribution >= 0.6 is 23.4 Å². The van der Waals surface area contributed by atoms with Gasteiger partial charge < -0.3 is 14.8 Å². The quantitative estimate of drug-likeness (QED) is 0.622. The molecule has 0 radical (unpaired) electrons. The van der Waals surface area contributed by atoms with E-state index in [2.05, 4.69) is 5.32 Å². The Morgan fingerprint density at radius 3 is 2.50 bits per heavy atom. The molecule has 7 heteroatoms. The van der Waals surface area contributed by atoms with Gasteiger partial charge in [-0.3, -0.25) is 4.79 Å². The second-order valence-electron chi connectivity index (χ2n) is 4.70. The number of carbonyl (C=O) groups is 2. The molecule has 5 nitrogen and oxygen atoms in total. The molecule has 0 unspecified atom stereocenters. The highest BCUT2D eigenvalue weighted by Crippen LogP contribution is 2.23. The molecule has 1 amide bonds. The van der Waals surface area contributed by atoms with Gasteiger partial charge in [-0.05, 0) is 48.7 Å². The summed E-state index contributed by atoms with van der Waals surface area (Å²) in [6.45, 7) is -0.398. The molecule has 0 atom stereocenters. The van der Waals surface area contributed by atoms with Gasteiger partial charge in [0.15, 0.2) is 6.61 Å². The van der Waals surface area contributed by atoms with Gasteiger partial charge in [-0.15, -0.1) is 11.8 Å². The second-order valence-corrected chi connectivity index (χ2v) is 5.99. The Bertz CT molecular complexity index is 734. The molecule has 2 rings (SSSR count). The van der Waals surface area contributed by atoms with Crippen molar-refractivity contribution in [3.63, 3.8) is 0 Å². The third-order valence-electron chi connectivity index (χ3n) is 3.10. The lowest BCUT2D eigenvalue weighted by Gasteiger charge is -2.09. The molecule has 0 aliphatic heterocycles. The maximum atomic E-state index is 12.1. The number of carbonyl (C=O) groups excluding carboxylic acids is 2. The Morgan fingerprint density at radius 2 is 1.88 bits per heavy atom. The summed E-state index contributed by atoms with van der Waals surface area (Å²) < 4.78 is 10.1. The van der Waals surface area contributed by atoms with Crippen molar-refractivity contribution in [1.29, 1.82) is 0 Å². The molecular formula is C17H16ClNO4S. The number of nitrogens with one attached hydrogen (secondary N) is 1. The van der Waals surface area contributed by atoms with E-state index in [-0.39, 0.29) is 10.6 Å². The molecule has 0 aromatic heterocycles. The van der Waals surface area contributed by atoms with Crippen LogP contribution < -0.4 is 10.1 Å². The van der Waals surface area contributed by atoms with Gasteiger partial charge in [-0.1, -0.05) is 11.6 Å². The number of rotatable bonds is 6. The molecule has 1 N–H and O–H groups in total. The van der Waals surface area contributed by atoms with E-state index in [0.717, 1.165) is 4.90 Å². The smallest absolute Gasteiger partial charge is 0.340 e. The van der Waals surface area contributed by atoms with Gasteiger partial charge in [-0.2, -0.15) is 0 Å². The molecule has 0 saturated heterocycles. The summed E-state index contributed by atoms with van der Waals surface area (Å²) in [4.78, 5) is 24.8. The van der Waals surface area contributed by atoms with Crippen LogP contribution in [0, 0.1) is 0 Å². The second kappa shape index (κ2) is 8.61. The van der Waals surface area contributed by atoms with E-state index in [1.54, 1.807) is 49.6 Å². The van der Waals surface area contributed by atoms with E-state index in [4.69, 9.17) is 21.1 Å². The van der Waals surface area contributed by atoms with E-state index in [9.17, 15) is 9.59 Å². The first-order chi connectivity index (χ1) is 11.5. The first-order valence-corrected chi connectivity index (χ1v) is 8.58.